The average Bonchev–Trinajstić information content (AvgIpc) is 2.15. The van der Waals surface area contributed by atoms with Crippen LogP contribution in [-0.4, -0.2) is 52.9 Å². The quantitative estimate of drug-likeness (QED) is 0.481. The molecule has 1 saturated heterocycles. The van der Waals surface area contributed by atoms with Crippen molar-refractivity contribution in [2.45, 2.75) is 25.0 Å². The number of carbonyl (C=O) groups excluding carboxylic acids is 1. The maximum atomic E-state index is 11.3. The van der Waals surface area contributed by atoms with Crippen molar-refractivity contribution in [2.75, 3.05) is 19.7 Å². The zero-order chi connectivity index (χ0) is 9.84. The van der Waals surface area contributed by atoms with Crippen LogP contribution in [0.1, 0.15) is 12.8 Å². The van der Waals surface area contributed by atoms with Crippen molar-refractivity contribution < 1.29 is 15.0 Å². The van der Waals surface area contributed by atoms with Crippen molar-refractivity contribution >= 4 is 5.91 Å². The Kier molecular flexibility index (Phi) is 3.65. The molecular formula is C8H16N2O3. The molecule has 0 bridgehead atoms. The van der Waals surface area contributed by atoms with Gasteiger partial charge in [-0.1, -0.05) is 0 Å². The summed E-state index contributed by atoms with van der Waals surface area (Å²) in [7, 11) is 0. The van der Waals surface area contributed by atoms with Gasteiger partial charge in [0.2, 0.25) is 0 Å². The van der Waals surface area contributed by atoms with Gasteiger partial charge < -0.3 is 20.8 Å². The van der Waals surface area contributed by atoms with E-state index >= 15 is 0 Å². The largest absolute Gasteiger partial charge is 0.393 e. The minimum Gasteiger partial charge on any atom is -0.393 e. The number of aliphatic hydroxyl groups is 2. The summed E-state index contributed by atoms with van der Waals surface area (Å²) in [5, 5.41) is 17.7. The summed E-state index contributed by atoms with van der Waals surface area (Å²) >= 11 is 0. The third kappa shape index (κ3) is 2.65. The maximum absolute atomic E-state index is 11.3. The first-order valence-electron chi connectivity index (χ1n) is 4.48. The van der Waals surface area contributed by atoms with Crippen LogP contribution < -0.4 is 5.73 Å². The molecule has 1 rings (SSSR count). The van der Waals surface area contributed by atoms with Crippen LogP contribution in [0.3, 0.4) is 0 Å². The third-order valence-electron chi connectivity index (χ3n) is 2.23. The summed E-state index contributed by atoms with van der Waals surface area (Å²) in [5.74, 6) is -0.419. The molecule has 0 saturated carbocycles. The number of amides is 1. The van der Waals surface area contributed by atoms with Gasteiger partial charge in [0.25, 0.3) is 5.91 Å². The number of hydrogen-bond donors (Lipinski definition) is 3. The summed E-state index contributed by atoms with van der Waals surface area (Å²) < 4.78 is 0. The maximum Gasteiger partial charge on any atom is 0.253 e. The lowest BCUT2D eigenvalue weighted by Gasteiger charge is -2.31. The summed E-state index contributed by atoms with van der Waals surface area (Å²) in [6.07, 6.45) is 0.495. The molecule has 5 heteroatoms. The normalized spacial score (nSPS) is 25.8. The van der Waals surface area contributed by atoms with Crippen LogP contribution in [0.5, 0.6) is 0 Å². The second kappa shape index (κ2) is 4.55. The molecule has 4 N–H and O–H groups in total. The van der Waals surface area contributed by atoms with Gasteiger partial charge >= 0.3 is 0 Å². The van der Waals surface area contributed by atoms with Crippen LogP contribution >= 0.6 is 0 Å². The minimum atomic E-state index is -1.29. The van der Waals surface area contributed by atoms with Crippen molar-refractivity contribution in [1.29, 1.82) is 0 Å². The molecule has 0 aliphatic carbocycles. The molecule has 13 heavy (non-hydrogen) atoms. The fraction of sp³-hybridized carbons (Fsp3) is 0.875. The smallest absolute Gasteiger partial charge is 0.253 e. The number of rotatable bonds is 2. The van der Waals surface area contributed by atoms with Crippen LogP contribution in [0.25, 0.3) is 0 Å². The van der Waals surface area contributed by atoms with E-state index < -0.39 is 18.6 Å². The predicted molar refractivity (Wildman–Crippen MR) is 46.9 cm³/mol. The van der Waals surface area contributed by atoms with Crippen molar-refractivity contribution in [2.24, 2.45) is 5.73 Å². The van der Waals surface area contributed by atoms with Crippen molar-refractivity contribution in [3.63, 3.8) is 0 Å². The van der Waals surface area contributed by atoms with Crippen molar-refractivity contribution in [3.05, 3.63) is 0 Å². The number of nitrogens with zero attached hydrogens (tertiary/aromatic N) is 1. The first-order chi connectivity index (χ1) is 6.15. The van der Waals surface area contributed by atoms with E-state index in [0.29, 0.717) is 13.1 Å². The molecule has 0 aromatic carbocycles. The van der Waals surface area contributed by atoms with Crippen LogP contribution in [0.2, 0.25) is 0 Å². The van der Waals surface area contributed by atoms with E-state index in [-0.39, 0.29) is 6.04 Å². The molecule has 0 radical (unpaired) electrons. The molecule has 1 amide bonds. The summed E-state index contributed by atoms with van der Waals surface area (Å²) in [6.45, 7) is 0.587. The topological polar surface area (TPSA) is 86.8 Å². The number of aliphatic hydroxyl groups excluding tert-OH is 2. The number of nitrogens with two attached hydrogens (primary N) is 1. The molecule has 1 aliphatic heterocycles. The minimum absolute atomic E-state index is 0.00333. The SMILES string of the molecule is NC1CCCN(C(=O)C(O)CO)C1. The van der Waals surface area contributed by atoms with E-state index in [1.54, 1.807) is 0 Å². The van der Waals surface area contributed by atoms with Crippen molar-refractivity contribution in [3.8, 4) is 0 Å². The second-order valence-corrected chi connectivity index (χ2v) is 3.38. The Morgan fingerprint density at radius 3 is 2.92 bits per heavy atom. The Morgan fingerprint density at radius 2 is 2.38 bits per heavy atom. The van der Waals surface area contributed by atoms with E-state index in [2.05, 4.69) is 0 Å². The third-order valence-corrected chi connectivity index (χ3v) is 2.23. The Hall–Kier alpha value is -0.650. The van der Waals surface area contributed by atoms with E-state index in [1.165, 1.54) is 4.90 Å². The van der Waals surface area contributed by atoms with Gasteiger partial charge in [0.15, 0.2) is 6.10 Å². The standard InChI is InChI=1S/C8H16N2O3/c9-6-2-1-3-10(4-6)8(13)7(12)5-11/h6-7,11-12H,1-5,9H2. The Morgan fingerprint density at radius 1 is 1.69 bits per heavy atom. The van der Waals surface area contributed by atoms with Crippen molar-refractivity contribution in [1.82, 2.24) is 4.90 Å². The van der Waals surface area contributed by atoms with Gasteiger partial charge in [-0.05, 0) is 12.8 Å². The van der Waals surface area contributed by atoms with E-state index in [9.17, 15) is 4.79 Å². The highest BCUT2D eigenvalue weighted by Crippen LogP contribution is 2.09. The highest BCUT2D eigenvalue weighted by Gasteiger charge is 2.25. The van der Waals surface area contributed by atoms with Crippen LogP contribution in [0, 0.1) is 0 Å². The fourth-order valence-electron chi connectivity index (χ4n) is 1.50. The molecule has 0 aromatic heterocycles. The molecule has 2 atom stereocenters. The molecular weight excluding hydrogens is 172 g/mol. The van der Waals surface area contributed by atoms with Crippen LogP contribution in [0.15, 0.2) is 0 Å². The number of hydrogen-bond acceptors (Lipinski definition) is 4. The van der Waals surface area contributed by atoms with E-state index in [4.69, 9.17) is 15.9 Å². The highest BCUT2D eigenvalue weighted by molar-refractivity contribution is 5.80. The van der Waals surface area contributed by atoms with Gasteiger partial charge in [-0.3, -0.25) is 4.79 Å². The summed E-state index contributed by atoms with van der Waals surface area (Å²) in [6, 6.07) is 0.00333. The molecule has 1 fully saturated rings. The number of carbonyl (C=O) groups is 1. The monoisotopic (exact) mass is 188 g/mol. The van der Waals surface area contributed by atoms with Crippen LogP contribution in [-0.2, 0) is 4.79 Å². The average molecular weight is 188 g/mol. The number of piperidine rings is 1. The molecule has 1 heterocycles. The Labute approximate surface area is 77.1 Å². The summed E-state index contributed by atoms with van der Waals surface area (Å²) in [4.78, 5) is 12.8. The van der Waals surface area contributed by atoms with Gasteiger partial charge in [0.1, 0.15) is 0 Å². The van der Waals surface area contributed by atoms with Gasteiger partial charge in [-0.2, -0.15) is 0 Å². The van der Waals surface area contributed by atoms with Gasteiger partial charge in [0, 0.05) is 19.1 Å². The lowest BCUT2D eigenvalue weighted by Crippen LogP contribution is -2.49. The Bertz CT molecular complexity index is 186. The van der Waals surface area contributed by atoms with Gasteiger partial charge in [0.05, 0.1) is 6.61 Å². The summed E-state index contributed by atoms with van der Waals surface area (Å²) in [5.41, 5.74) is 5.67. The van der Waals surface area contributed by atoms with Gasteiger partial charge in [-0.15, -0.1) is 0 Å². The van der Waals surface area contributed by atoms with Crippen LogP contribution in [0.4, 0.5) is 0 Å². The molecule has 1 aliphatic rings. The first kappa shape index (κ1) is 10.4. The number of likely N-dealkylation sites (tertiary alicyclic amines) is 1. The second-order valence-electron chi connectivity index (χ2n) is 3.38. The molecule has 2 unspecified atom stereocenters. The predicted octanol–water partition coefficient (Wildman–Crippen LogP) is -1.71. The Balaban J connectivity index is 2.46. The zero-order valence-corrected chi connectivity index (χ0v) is 7.52. The van der Waals surface area contributed by atoms with E-state index in [0.717, 1.165) is 12.8 Å². The molecule has 5 nitrogen and oxygen atoms in total. The van der Waals surface area contributed by atoms with E-state index in [1.807, 2.05) is 0 Å². The fourth-order valence-corrected chi connectivity index (χ4v) is 1.50. The lowest BCUT2D eigenvalue weighted by molar-refractivity contribution is -0.143. The molecule has 76 valence electrons. The highest BCUT2D eigenvalue weighted by atomic mass is 16.3. The molecule has 0 aromatic rings. The first-order valence-corrected chi connectivity index (χ1v) is 4.48. The zero-order valence-electron chi connectivity index (χ0n) is 7.52. The van der Waals surface area contributed by atoms with Gasteiger partial charge in [-0.25, -0.2) is 0 Å². The lowest BCUT2D eigenvalue weighted by atomic mass is 10.1. The molecule has 0 spiro atoms.